The SMILES string of the molecule is COC(=O)C1(C)OC1(C)c1cccc2ccccc12. The van der Waals surface area contributed by atoms with Crippen LogP contribution >= 0.6 is 0 Å². The van der Waals surface area contributed by atoms with Crippen LogP contribution in [-0.4, -0.2) is 18.7 Å². The maximum absolute atomic E-state index is 11.9. The van der Waals surface area contributed by atoms with Crippen LogP contribution in [0.15, 0.2) is 42.5 Å². The molecule has 2 aromatic carbocycles. The molecule has 3 heteroatoms. The first kappa shape index (κ1) is 12.2. The Morgan fingerprint density at radius 2 is 1.79 bits per heavy atom. The van der Waals surface area contributed by atoms with Crippen LogP contribution < -0.4 is 0 Å². The largest absolute Gasteiger partial charge is 0.467 e. The van der Waals surface area contributed by atoms with Crippen LogP contribution in [0.4, 0.5) is 0 Å². The molecule has 98 valence electrons. The van der Waals surface area contributed by atoms with E-state index in [-0.39, 0.29) is 5.97 Å². The molecule has 2 unspecified atom stereocenters. The molecule has 0 aliphatic carbocycles. The number of epoxide rings is 1. The zero-order valence-corrected chi connectivity index (χ0v) is 11.3. The van der Waals surface area contributed by atoms with Gasteiger partial charge >= 0.3 is 5.97 Å². The van der Waals surface area contributed by atoms with Crippen molar-refractivity contribution in [3.8, 4) is 0 Å². The Balaban J connectivity index is 2.15. The number of benzene rings is 2. The van der Waals surface area contributed by atoms with Crippen LogP contribution in [0.2, 0.25) is 0 Å². The smallest absolute Gasteiger partial charge is 0.341 e. The quantitative estimate of drug-likeness (QED) is 0.612. The van der Waals surface area contributed by atoms with Crippen LogP contribution in [0, 0.1) is 0 Å². The van der Waals surface area contributed by atoms with Gasteiger partial charge in [0.2, 0.25) is 0 Å². The first-order chi connectivity index (χ1) is 9.03. The van der Waals surface area contributed by atoms with E-state index in [9.17, 15) is 4.79 Å². The number of ether oxygens (including phenoxy) is 2. The van der Waals surface area contributed by atoms with Gasteiger partial charge in [-0.2, -0.15) is 0 Å². The van der Waals surface area contributed by atoms with Gasteiger partial charge in [0.15, 0.2) is 5.60 Å². The second kappa shape index (κ2) is 3.81. The minimum atomic E-state index is -0.897. The van der Waals surface area contributed by atoms with E-state index in [0.29, 0.717) is 0 Å². The number of esters is 1. The number of hydrogen-bond donors (Lipinski definition) is 0. The molecule has 1 aliphatic rings. The highest BCUT2D eigenvalue weighted by Crippen LogP contribution is 2.57. The lowest BCUT2D eigenvalue weighted by Crippen LogP contribution is -2.29. The summed E-state index contributed by atoms with van der Waals surface area (Å²) in [6.07, 6.45) is 0. The van der Waals surface area contributed by atoms with Crippen molar-refractivity contribution in [2.24, 2.45) is 0 Å². The molecule has 0 aromatic heterocycles. The Hall–Kier alpha value is -1.87. The van der Waals surface area contributed by atoms with Crippen LogP contribution in [0.5, 0.6) is 0 Å². The molecular formula is C16H16O3. The van der Waals surface area contributed by atoms with Gasteiger partial charge in [-0.1, -0.05) is 42.5 Å². The zero-order chi connectivity index (χ0) is 13.7. The van der Waals surface area contributed by atoms with Gasteiger partial charge in [-0.3, -0.25) is 0 Å². The molecule has 1 aliphatic heterocycles. The summed E-state index contributed by atoms with van der Waals surface area (Å²) in [4.78, 5) is 11.9. The molecule has 2 atom stereocenters. The highest BCUT2D eigenvalue weighted by atomic mass is 16.7. The van der Waals surface area contributed by atoms with Gasteiger partial charge in [-0.25, -0.2) is 4.79 Å². The minimum absolute atomic E-state index is 0.331. The van der Waals surface area contributed by atoms with Gasteiger partial charge in [0.05, 0.1) is 7.11 Å². The van der Waals surface area contributed by atoms with Gasteiger partial charge in [0.1, 0.15) is 5.60 Å². The Kier molecular flexibility index (Phi) is 2.44. The Labute approximate surface area is 112 Å². The number of hydrogen-bond acceptors (Lipinski definition) is 3. The van der Waals surface area contributed by atoms with E-state index in [1.54, 1.807) is 6.92 Å². The van der Waals surface area contributed by atoms with Crippen molar-refractivity contribution in [2.75, 3.05) is 7.11 Å². The summed E-state index contributed by atoms with van der Waals surface area (Å²) in [5, 5.41) is 2.25. The summed E-state index contributed by atoms with van der Waals surface area (Å²) in [5.74, 6) is -0.331. The molecule has 19 heavy (non-hydrogen) atoms. The van der Waals surface area contributed by atoms with Gasteiger partial charge in [-0.15, -0.1) is 0 Å². The van der Waals surface area contributed by atoms with E-state index in [0.717, 1.165) is 16.3 Å². The van der Waals surface area contributed by atoms with Crippen molar-refractivity contribution >= 4 is 16.7 Å². The van der Waals surface area contributed by atoms with Crippen LogP contribution in [0.3, 0.4) is 0 Å². The topological polar surface area (TPSA) is 38.8 Å². The summed E-state index contributed by atoms with van der Waals surface area (Å²) in [5.41, 5.74) is -0.495. The minimum Gasteiger partial charge on any atom is -0.467 e. The van der Waals surface area contributed by atoms with E-state index in [1.807, 2.05) is 31.2 Å². The third-order valence-electron chi connectivity index (χ3n) is 4.16. The maximum Gasteiger partial charge on any atom is 0.341 e. The molecule has 1 saturated heterocycles. The lowest BCUT2D eigenvalue weighted by molar-refractivity contribution is -0.146. The van der Waals surface area contributed by atoms with E-state index in [2.05, 4.69) is 18.2 Å². The lowest BCUT2D eigenvalue weighted by atomic mass is 9.86. The summed E-state index contributed by atoms with van der Waals surface area (Å²) >= 11 is 0. The molecule has 1 heterocycles. The zero-order valence-electron chi connectivity index (χ0n) is 11.3. The van der Waals surface area contributed by atoms with Crippen molar-refractivity contribution in [1.29, 1.82) is 0 Å². The fourth-order valence-corrected chi connectivity index (χ4v) is 2.77. The predicted molar refractivity (Wildman–Crippen MR) is 72.8 cm³/mol. The van der Waals surface area contributed by atoms with Gasteiger partial charge < -0.3 is 9.47 Å². The highest BCUT2D eigenvalue weighted by Gasteiger charge is 2.70. The molecule has 0 saturated carbocycles. The van der Waals surface area contributed by atoms with E-state index in [4.69, 9.17) is 9.47 Å². The summed E-state index contributed by atoms with van der Waals surface area (Å²) in [6, 6.07) is 14.2. The fourth-order valence-electron chi connectivity index (χ4n) is 2.77. The molecule has 0 N–H and O–H groups in total. The lowest BCUT2D eigenvalue weighted by Gasteiger charge is -2.14. The van der Waals surface area contributed by atoms with E-state index < -0.39 is 11.2 Å². The first-order valence-electron chi connectivity index (χ1n) is 6.30. The molecule has 0 radical (unpaired) electrons. The van der Waals surface area contributed by atoms with Crippen molar-refractivity contribution < 1.29 is 14.3 Å². The first-order valence-corrected chi connectivity index (χ1v) is 6.30. The third-order valence-corrected chi connectivity index (χ3v) is 4.16. The van der Waals surface area contributed by atoms with Gasteiger partial charge in [0, 0.05) is 0 Å². The van der Waals surface area contributed by atoms with Gasteiger partial charge in [0.25, 0.3) is 0 Å². The number of fused-ring (bicyclic) bond motifs is 1. The Morgan fingerprint density at radius 1 is 1.11 bits per heavy atom. The molecule has 0 spiro atoms. The fraction of sp³-hybridized carbons (Fsp3) is 0.312. The predicted octanol–water partition coefficient (Wildman–Crippen LogP) is 3.02. The number of carbonyl (C=O) groups is 1. The normalized spacial score (nSPS) is 29.2. The Bertz CT molecular complexity index is 659. The van der Waals surface area contributed by atoms with Crippen molar-refractivity contribution in [3.05, 3.63) is 48.0 Å². The third kappa shape index (κ3) is 1.51. The second-order valence-electron chi connectivity index (χ2n) is 5.19. The average molecular weight is 256 g/mol. The standard InChI is InChI=1S/C16H16O3/c1-15(16(2,19-15)14(17)18-3)13-10-6-8-11-7-4-5-9-12(11)13/h4-10H,1-3H3. The molecule has 3 nitrogen and oxygen atoms in total. The highest BCUT2D eigenvalue weighted by molar-refractivity contribution is 5.91. The van der Waals surface area contributed by atoms with Crippen LogP contribution in [0.1, 0.15) is 19.4 Å². The van der Waals surface area contributed by atoms with Crippen LogP contribution in [-0.2, 0) is 19.9 Å². The summed E-state index contributed by atoms with van der Waals surface area (Å²) < 4.78 is 10.6. The van der Waals surface area contributed by atoms with Crippen molar-refractivity contribution in [1.82, 2.24) is 0 Å². The molecule has 0 amide bonds. The summed E-state index contributed by atoms with van der Waals surface area (Å²) in [7, 11) is 1.39. The molecular weight excluding hydrogens is 240 g/mol. The van der Waals surface area contributed by atoms with Crippen LogP contribution in [0.25, 0.3) is 10.8 Å². The molecule has 2 aromatic rings. The average Bonchev–Trinajstić information content (AvgIpc) is 3.02. The monoisotopic (exact) mass is 256 g/mol. The second-order valence-corrected chi connectivity index (χ2v) is 5.19. The van der Waals surface area contributed by atoms with Gasteiger partial charge in [-0.05, 0) is 30.2 Å². The molecule has 1 fully saturated rings. The van der Waals surface area contributed by atoms with Crippen molar-refractivity contribution in [3.63, 3.8) is 0 Å². The number of rotatable bonds is 2. The van der Waals surface area contributed by atoms with Crippen molar-refractivity contribution in [2.45, 2.75) is 25.0 Å². The number of methoxy groups -OCH3 is 1. The summed E-state index contributed by atoms with van der Waals surface area (Å²) in [6.45, 7) is 3.71. The van der Waals surface area contributed by atoms with E-state index in [1.165, 1.54) is 7.11 Å². The Morgan fingerprint density at radius 3 is 2.53 bits per heavy atom. The van der Waals surface area contributed by atoms with E-state index >= 15 is 0 Å². The number of carbonyl (C=O) groups excluding carboxylic acids is 1. The molecule has 0 bridgehead atoms. The maximum atomic E-state index is 11.9. The molecule has 3 rings (SSSR count).